The molecule has 112 valence electrons. The molecule has 0 atom stereocenters. The van der Waals surface area contributed by atoms with Gasteiger partial charge in [-0.3, -0.25) is 4.98 Å². The van der Waals surface area contributed by atoms with E-state index in [1.807, 2.05) is 12.4 Å². The summed E-state index contributed by atoms with van der Waals surface area (Å²) in [6, 6.07) is 23.5. The van der Waals surface area contributed by atoms with Crippen LogP contribution in [0, 0.1) is 0 Å². The van der Waals surface area contributed by atoms with Gasteiger partial charge in [-0.2, -0.15) is 0 Å². The van der Waals surface area contributed by atoms with Gasteiger partial charge < -0.3 is 4.40 Å². The monoisotopic (exact) mass is 298 g/mol. The quantitative estimate of drug-likeness (QED) is 0.529. The molecule has 0 aliphatic rings. The highest BCUT2D eigenvalue weighted by atomic mass is 14.9. The Morgan fingerprint density at radius 2 is 1.57 bits per heavy atom. The molecule has 0 fully saturated rings. The average molecular weight is 298 g/mol. The Kier molecular flexibility index (Phi) is 3.65. The van der Waals surface area contributed by atoms with Crippen LogP contribution in [0.2, 0.25) is 0 Å². The van der Waals surface area contributed by atoms with Crippen LogP contribution in [0.15, 0.2) is 85.3 Å². The Labute approximate surface area is 136 Å². The van der Waals surface area contributed by atoms with Gasteiger partial charge in [-0.15, -0.1) is 0 Å². The lowest BCUT2D eigenvalue weighted by molar-refractivity contribution is 0.895. The van der Waals surface area contributed by atoms with E-state index in [2.05, 4.69) is 82.3 Å². The topological polar surface area (TPSA) is 17.3 Å². The largest absolute Gasteiger partial charge is 0.320 e. The van der Waals surface area contributed by atoms with E-state index in [1.54, 1.807) is 0 Å². The number of rotatable bonds is 4. The van der Waals surface area contributed by atoms with Gasteiger partial charge in [0.15, 0.2) is 0 Å². The molecule has 1 aromatic carbocycles. The van der Waals surface area contributed by atoms with Crippen LogP contribution >= 0.6 is 0 Å². The number of benzene rings is 1. The molecule has 0 saturated heterocycles. The third kappa shape index (κ3) is 2.76. The van der Waals surface area contributed by atoms with Crippen molar-refractivity contribution in [2.45, 2.75) is 12.8 Å². The molecule has 3 heterocycles. The summed E-state index contributed by atoms with van der Waals surface area (Å²) < 4.78 is 2.31. The maximum atomic E-state index is 4.10. The maximum absolute atomic E-state index is 4.10. The van der Waals surface area contributed by atoms with Gasteiger partial charge in [-0.1, -0.05) is 36.4 Å². The first-order chi connectivity index (χ1) is 11.4. The summed E-state index contributed by atoms with van der Waals surface area (Å²) in [5.41, 5.74) is 6.54. The molecule has 0 N–H and O–H groups in total. The average Bonchev–Trinajstić information content (AvgIpc) is 3.00. The van der Waals surface area contributed by atoms with E-state index >= 15 is 0 Å². The van der Waals surface area contributed by atoms with Crippen molar-refractivity contribution in [3.63, 3.8) is 0 Å². The summed E-state index contributed by atoms with van der Waals surface area (Å²) >= 11 is 0. The Balaban J connectivity index is 1.77. The Morgan fingerprint density at radius 1 is 0.783 bits per heavy atom. The van der Waals surface area contributed by atoms with Crippen molar-refractivity contribution in [3.8, 4) is 11.1 Å². The van der Waals surface area contributed by atoms with Gasteiger partial charge in [0.2, 0.25) is 0 Å². The number of fused-ring (bicyclic) bond motifs is 1. The van der Waals surface area contributed by atoms with Gasteiger partial charge in [-0.25, -0.2) is 0 Å². The lowest BCUT2D eigenvalue weighted by Gasteiger charge is -2.07. The van der Waals surface area contributed by atoms with Crippen molar-refractivity contribution in [1.82, 2.24) is 9.38 Å². The van der Waals surface area contributed by atoms with Crippen LogP contribution in [-0.4, -0.2) is 9.38 Å². The molecule has 0 bridgehead atoms. The highest BCUT2D eigenvalue weighted by Gasteiger charge is 2.11. The molecule has 2 nitrogen and oxygen atoms in total. The molecule has 0 radical (unpaired) electrons. The first-order valence-electron chi connectivity index (χ1n) is 7.95. The van der Waals surface area contributed by atoms with Crippen LogP contribution in [0.1, 0.15) is 11.3 Å². The fourth-order valence-electron chi connectivity index (χ4n) is 3.12. The lowest BCUT2D eigenvalue weighted by atomic mass is 10.0. The molecule has 0 aliphatic carbocycles. The minimum atomic E-state index is 1.01. The molecule has 4 rings (SSSR count). The van der Waals surface area contributed by atoms with E-state index < -0.39 is 0 Å². The number of hydrogen-bond acceptors (Lipinski definition) is 1. The zero-order valence-corrected chi connectivity index (χ0v) is 12.9. The second kappa shape index (κ2) is 6.09. The first-order valence-corrected chi connectivity index (χ1v) is 7.95. The van der Waals surface area contributed by atoms with Gasteiger partial charge >= 0.3 is 0 Å². The molecule has 2 heteroatoms. The molecule has 0 spiro atoms. The van der Waals surface area contributed by atoms with E-state index in [1.165, 1.54) is 27.9 Å². The summed E-state index contributed by atoms with van der Waals surface area (Å²) in [4.78, 5) is 4.10. The standard InChI is InChI=1S/C21H18N2/c1-2-6-18(7-3-1)20-16-19-8-4-5-15-23(19)21(20)10-9-17-11-13-22-14-12-17/h1-8,11-16H,9-10H2. The van der Waals surface area contributed by atoms with Gasteiger partial charge in [0, 0.05) is 35.4 Å². The highest BCUT2D eigenvalue weighted by Crippen LogP contribution is 2.28. The Morgan fingerprint density at radius 3 is 2.39 bits per heavy atom. The Hall–Kier alpha value is -2.87. The number of nitrogens with zero attached hydrogens (tertiary/aromatic N) is 2. The van der Waals surface area contributed by atoms with Crippen LogP contribution in [0.5, 0.6) is 0 Å². The van der Waals surface area contributed by atoms with Crippen LogP contribution in [0.3, 0.4) is 0 Å². The first kappa shape index (κ1) is 13.8. The summed E-state index contributed by atoms with van der Waals surface area (Å²) in [6.45, 7) is 0. The third-order valence-electron chi connectivity index (χ3n) is 4.27. The van der Waals surface area contributed by atoms with Crippen molar-refractivity contribution in [2.75, 3.05) is 0 Å². The minimum absolute atomic E-state index is 1.01. The van der Waals surface area contributed by atoms with Crippen molar-refractivity contribution < 1.29 is 0 Å². The Bertz CT molecular complexity index is 908. The van der Waals surface area contributed by atoms with E-state index in [0.29, 0.717) is 0 Å². The van der Waals surface area contributed by atoms with Gasteiger partial charge in [0.1, 0.15) is 0 Å². The molecule has 0 aliphatic heterocycles. The molecule has 3 aromatic heterocycles. The highest BCUT2D eigenvalue weighted by molar-refractivity contribution is 5.74. The predicted molar refractivity (Wildman–Crippen MR) is 94.5 cm³/mol. The van der Waals surface area contributed by atoms with Crippen LogP contribution in [0.4, 0.5) is 0 Å². The van der Waals surface area contributed by atoms with Crippen molar-refractivity contribution in [1.29, 1.82) is 0 Å². The van der Waals surface area contributed by atoms with Crippen molar-refractivity contribution in [3.05, 3.63) is 96.6 Å². The SMILES string of the molecule is c1ccc(-c2cc3ccccn3c2CCc2ccncc2)cc1. The fraction of sp³-hybridized carbons (Fsp3) is 0.0952. The summed E-state index contributed by atoms with van der Waals surface area (Å²) in [7, 11) is 0. The molecular weight excluding hydrogens is 280 g/mol. The van der Waals surface area contributed by atoms with Crippen molar-refractivity contribution >= 4 is 5.52 Å². The van der Waals surface area contributed by atoms with Gasteiger partial charge in [-0.05, 0) is 54.3 Å². The number of pyridine rings is 2. The van der Waals surface area contributed by atoms with E-state index in [0.717, 1.165) is 12.8 Å². The molecule has 0 saturated carbocycles. The normalized spacial score (nSPS) is 11.0. The zero-order valence-electron chi connectivity index (χ0n) is 12.9. The van der Waals surface area contributed by atoms with E-state index in [9.17, 15) is 0 Å². The molecule has 0 amide bonds. The zero-order chi connectivity index (χ0) is 15.5. The molecule has 0 unspecified atom stereocenters. The summed E-state index contributed by atoms with van der Waals surface area (Å²) in [5.74, 6) is 0. The minimum Gasteiger partial charge on any atom is -0.320 e. The van der Waals surface area contributed by atoms with Crippen molar-refractivity contribution in [2.24, 2.45) is 0 Å². The second-order valence-corrected chi connectivity index (χ2v) is 5.72. The molecular formula is C21H18N2. The van der Waals surface area contributed by atoms with Gasteiger partial charge in [0.25, 0.3) is 0 Å². The molecule has 23 heavy (non-hydrogen) atoms. The summed E-state index contributed by atoms with van der Waals surface area (Å²) in [5, 5.41) is 0. The second-order valence-electron chi connectivity index (χ2n) is 5.72. The van der Waals surface area contributed by atoms with Crippen LogP contribution in [0.25, 0.3) is 16.6 Å². The summed E-state index contributed by atoms with van der Waals surface area (Å²) in [6.07, 6.45) is 7.91. The van der Waals surface area contributed by atoms with Crippen LogP contribution in [-0.2, 0) is 12.8 Å². The predicted octanol–water partition coefficient (Wildman–Crippen LogP) is 4.79. The fourth-order valence-corrected chi connectivity index (χ4v) is 3.12. The van der Waals surface area contributed by atoms with E-state index in [-0.39, 0.29) is 0 Å². The van der Waals surface area contributed by atoms with Crippen LogP contribution < -0.4 is 0 Å². The third-order valence-corrected chi connectivity index (χ3v) is 4.27. The number of aromatic nitrogens is 2. The van der Waals surface area contributed by atoms with E-state index in [4.69, 9.17) is 0 Å². The maximum Gasteiger partial charge on any atom is 0.0459 e. The van der Waals surface area contributed by atoms with Gasteiger partial charge in [0.05, 0.1) is 0 Å². The lowest BCUT2D eigenvalue weighted by Crippen LogP contribution is -1.98. The smallest absolute Gasteiger partial charge is 0.0459 e. The number of aryl methyl sites for hydroxylation is 2. The molecule has 4 aromatic rings. The number of hydrogen-bond donors (Lipinski definition) is 0.